The molecule has 1 rings (SSSR count). The second kappa shape index (κ2) is 6.17. The Kier molecular flexibility index (Phi) is 4.86. The number of hydrogen-bond donors (Lipinski definition) is 0. The van der Waals surface area contributed by atoms with Crippen molar-refractivity contribution in [1.29, 1.82) is 0 Å². The number of hydrogen-bond acceptors (Lipinski definition) is 6. The molecule has 0 fully saturated rings. The highest BCUT2D eigenvalue weighted by Gasteiger charge is 2.41. The van der Waals surface area contributed by atoms with Gasteiger partial charge in [-0.1, -0.05) is 6.08 Å². The number of carbonyl (C=O) groups excluding carboxylic acids is 3. The lowest BCUT2D eigenvalue weighted by Gasteiger charge is -2.26. The number of esters is 2. The minimum Gasteiger partial charge on any atom is -0.490 e. The lowest BCUT2D eigenvalue weighted by Crippen LogP contribution is -2.34. The van der Waals surface area contributed by atoms with E-state index < -0.39 is 17.4 Å². The molecule has 1 atom stereocenters. The molecular weight excluding hydrogens is 252 g/mol. The maximum absolute atomic E-state index is 11.9. The first kappa shape index (κ1) is 14.9. The lowest BCUT2D eigenvalue weighted by atomic mass is 9.80. The van der Waals surface area contributed by atoms with Gasteiger partial charge in [-0.15, -0.1) is 0 Å². The van der Waals surface area contributed by atoms with E-state index in [9.17, 15) is 14.4 Å². The molecule has 0 radical (unpaired) electrons. The summed E-state index contributed by atoms with van der Waals surface area (Å²) >= 11 is 0. The number of carbonyl (C=O) groups is 3. The highest BCUT2D eigenvalue weighted by atomic mass is 16.5. The largest absolute Gasteiger partial charge is 0.490 e. The van der Waals surface area contributed by atoms with E-state index in [0.29, 0.717) is 0 Å². The fourth-order valence-corrected chi connectivity index (χ4v) is 1.74. The minimum atomic E-state index is -1.36. The van der Waals surface area contributed by atoms with Gasteiger partial charge in [0.2, 0.25) is 5.78 Å². The first-order valence-electron chi connectivity index (χ1n) is 5.73. The van der Waals surface area contributed by atoms with Crippen molar-refractivity contribution in [2.75, 3.05) is 20.8 Å². The van der Waals surface area contributed by atoms with Crippen LogP contribution in [0.25, 0.3) is 0 Å². The van der Waals surface area contributed by atoms with E-state index in [2.05, 4.69) is 4.74 Å². The van der Waals surface area contributed by atoms with Gasteiger partial charge in [0, 0.05) is 0 Å². The van der Waals surface area contributed by atoms with Crippen molar-refractivity contribution in [2.24, 2.45) is 5.41 Å². The predicted molar refractivity (Wildman–Crippen MR) is 64.9 cm³/mol. The van der Waals surface area contributed by atoms with Crippen LogP contribution in [-0.2, 0) is 28.6 Å². The zero-order valence-corrected chi connectivity index (χ0v) is 11.1. The van der Waals surface area contributed by atoms with Crippen LogP contribution in [0.2, 0.25) is 0 Å². The molecular formula is C13H16O6. The molecule has 19 heavy (non-hydrogen) atoms. The van der Waals surface area contributed by atoms with Gasteiger partial charge in [-0.2, -0.15) is 0 Å². The molecule has 0 bridgehead atoms. The number of ether oxygens (including phenoxy) is 3. The van der Waals surface area contributed by atoms with Gasteiger partial charge in [0.05, 0.1) is 27.2 Å². The van der Waals surface area contributed by atoms with Crippen LogP contribution in [0.3, 0.4) is 0 Å². The average Bonchev–Trinajstić information content (AvgIpc) is 2.41. The lowest BCUT2D eigenvalue weighted by molar-refractivity contribution is -0.154. The SMILES string of the molecule is CCOC1=CC(CC(=O)OC)(C(=O)OC)C=CC1=O. The highest BCUT2D eigenvalue weighted by Crippen LogP contribution is 2.33. The summed E-state index contributed by atoms with van der Waals surface area (Å²) in [4.78, 5) is 34.9. The van der Waals surface area contributed by atoms with E-state index in [-0.39, 0.29) is 24.6 Å². The fraction of sp³-hybridized carbons (Fsp3) is 0.462. The molecule has 0 aromatic rings. The fourth-order valence-electron chi connectivity index (χ4n) is 1.74. The van der Waals surface area contributed by atoms with Crippen molar-refractivity contribution >= 4 is 17.7 Å². The summed E-state index contributed by atoms with van der Waals surface area (Å²) in [7, 11) is 2.43. The summed E-state index contributed by atoms with van der Waals surface area (Å²) in [5.41, 5.74) is -1.36. The van der Waals surface area contributed by atoms with Gasteiger partial charge in [0.25, 0.3) is 0 Å². The Hall–Kier alpha value is -2.11. The number of rotatable bonds is 5. The van der Waals surface area contributed by atoms with E-state index in [1.165, 1.54) is 32.4 Å². The van der Waals surface area contributed by atoms with Crippen LogP contribution in [0.15, 0.2) is 24.0 Å². The van der Waals surface area contributed by atoms with Crippen molar-refractivity contribution in [3.63, 3.8) is 0 Å². The third-order valence-electron chi connectivity index (χ3n) is 2.69. The van der Waals surface area contributed by atoms with Crippen molar-refractivity contribution in [1.82, 2.24) is 0 Å². The van der Waals surface area contributed by atoms with Crippen molar-refractivity contribution in [3.05, 3.63) is 24.0 Å². The molecule has 0 spiro atoms. The van der Waals surface area contributed by atoms with Crippen LogP contribution in [0.4, 0.5) is 0 Å². The Labute approximate surface area is 111 Å². The van der Waals surface area contributed by atoms with Gasteiger partial charge < -0.3 is 14.2 Å². The topological polar surface area (TPSA) is 78.9 Å². The Morgan fingerprint density at radius 2 is 1.95 bits per heavy atom. The van der Waals surface area contributed by atoms with Gasteiger partial charge in [-0.3, -0.25) is 14.4 Å². The molecule has 0 amide bonds. The Morgan fingerprint density at radius 1 is 1.26 bits per heavy atom. The van der Waals surface area contributed by atoms with E-state index in [0.717, 1.165) is 0 Å². The standard InChI is InChI=1S/C13H16O6/c1-4-19-10-7-13(12(16)18-3,6-5-9(10)14)8-11(15)17-2/h5-7H,4,8H2,1-3H3. The van der Waals surface area contributed by atoms with Crippen LogP contribution in [0.1, 0.15) is 13.3 Å². The zero-order valence-electron chi connectivity index (χ0n) is 11.1. The quantitative estimate of drug-likeness (QED) is 0.685. The third-order valence-corrected chi connectivity index (χ3v) is 2.69. The molecule has 1 unspecified atom stereocenters. The molecule has 1 aliphatic rings. The highest BCUT2D eigenvalue weighted by molar-refractivity contribution is 6.06. The molecule has 0 aliphatic heterocycles. The summed E-state index contributed by atoms with van der Waals surface area (Å²) < 4.78 is 14.4. The van der Waals surface area contributed by atoms with Crippen LogP contribution >= 0.6 is 0 Å². The molecule has 104 valence electrons. The van der Waals surface area contributed by atoms with Gasteiger partial charge >= 0.3 is 11.9 Å². The normalized spacial score (nSPS) is 21.6. The summed E-state index contributed by atoms with van der Waals surface area (Å²) in [6.07, 6.45) is 3.59. The number of ketones is 1. The number of methoxy groups -OCH3 is 2. The molecule has 0 aromatic heterocycles. The second-order valence-electron chi connectivity index (χ2n) is 3.92. The van der Waals surface area contributed by atoms with E-state index in [1.807, 2.05) is 0 Å². The van der Waals surface area contributed by atoms with Gasteiger partial charge in [-0.05, 0) is 19.1 Å². The van der Waals surface area contributed by atoms with Crippen LogP contribution in [-0.4, -0.2) is 38.5 Å². The Balaban J connectivity index is 3.16. The molecule has 0 aromatic carbocycles. The molecule has 6 nitrogen and oxygen atoms in total. The number of allylic oxidation sites excluding steroid dienone is 1. The molecule has 1 aliphatic carbocycles. The Bertz CT molecular complexity index is 448. The van der Waals surface area contributed by atoms with Gasteiger partial charge in [0.15, 0.2) is 5.76 Å². The van der Waals surface area contributed by atoms with Crippen molar-refractivity contribution in [2.45, 2.75) is 13.3 Å². The molecule has 0 heterocycles. The van der Waals surface area contributed by atoms with E-state index in [1.54, 1.807) is 6.92 Å². The second-order valence-corrected chi connectivity index (χ2v) is 3.92. The van der Waals surface area contributed by atoms with Crippen molar-refractivity contribution in [3.8, 4) is 0 Å². The Morgan fingerprint density at radius 3 is 2.47 bits per heavy atom. The third kappa shape index (κ3) is 3.21. The van der Waals surface area contributed by atoms with Crippen LogP contribution in [0.5, 0.6) is 0 Å². The molecule has 0 saturated carbocycles. The van der Waals surface area contributed by atoms with Gasteiger partial charge in [0.1, 0.15) is 5.41 Å². The average molecular weight is 268 g/mol. The maximum Gasteiger partial charge on any atom is 0.320 e. The van der Waals surface area contributed by atoms with Crippen LogP contribution in [0, 0.1) is 5.41 Å². The van der Waals surface area contributed by atoms with Crippen molar-refractivity contribution < 1.29 is 28.6 Å². The maximum atomic E-state index is 11.9. The summed E-state index contributed by atoms with van der Waals surface area (Å²) in [6, 6.07) is 0. The smallest absolute Gasteiger partial charge is 0.320 e. The summed E-state index contributed by atoms with van der Waals surface area (Å²) in [5.74, 6) is -1.57. The van der Waals surface area contributed by atoms with E-state index >= 15 is 0 Å². The zero-order chi connectivity index (χ0) is 14.5. The summed E-state index contributed by atoms with van der Waals surface area (Å²) in [6.45, 7) is 1.99. The van der Waals surface area contributed by atoms with Gasteiger partial charge in [-0.25, -0.2) is 0 Å². The minimum absolute atomic E-state index is 0.0271. The summed E-state index contributed by atoms with van der Waals surface area (Å²) in [5, 5.41) is 0. The van der Waals surface area contributed by atoms with E-state index in [4.69, 9.17) is 9.47 Å². The first-order valence-corrected chi connectivity index (χ1v) is 5.73. The molecule has 6 heteroatoms. The van der Waals surface area contributed by atoms with Crippen LogP contribution < -0.4 is 0 Å². The molecule has 0 saturated heterocycles. The first-order chi connectivity index (χ1) is 8.99. The monoisotopic (exact) mass is 268 g/mol. The molecule has 0 N–H and O–H groups in total. The predicted octanol–water partition coefficient (Wildman–Crippen LogP) is 0.768.